The summed E-state index contributed by atoms with van der Waals surface area (Å²) in [6, 6.07) is 0. The van der Waals surface area contributed by atoms with Crippen molar-refractivity contribution in [1.29, 1.82) is 0 Å². The van der Waals surface area contributed by atoms with Crippen LogP contribution in [0.25, 0.3) is 0 Å². The van der Waals surface area contributed by atoms with Gasteiger partial charge in [0.1, 0.15) is 6.61 Å². The molecule has 0 bridgehead atoms. The topological polar surface area (TPSA) is 72.8 Å². The van der Waals surface area contributed by atoms with E-state index in [0.717, 1.165) is 70.6 Å². The van der Waals surface area contributed by atoms with Gasteiger partial charge in [-0.25, -0.2) is 0 Å². The standard InChI is InChI=1S/C81H148O5/c1-3-5-7-9-11-13-15-17-19-21-23-25-27-29-31-33-35-36-37-38-39-40-41-42-43-44-46-48-50-52-54-56-58-60-62-64-66-68-70-72-74-76-81(84)86-79(77-82)78-85-80(83)75-73-71-69-67-65-63-61-59-57-55-53-51-49-47-45-34-32-30-28-26-24-22-20-18-16-14-12-10-8-6-4-2/h5,7,11,13,16-19,22-25,79,82H,3-4,6,8-10,12,14-15,20-21,26-78H2,1-2H3/b7-5-,13-11-,18-16-,19-17-,24-22-,25-23-. The Bertz CT molecular complexity index is 1500. The van der Waals surface area contributed by atoms with Crippen LogP contribution in [0.15, 0.2) is 72.9 Å². The number of hydrogen-bond acceptors (Lipinski definition) is 5. The van der Waals surface area contributed by atoms with Gasteiger partial charge in [0.15, 0.2) is 6.10 Å². The second kappa shape index (κ2) is 76.6. The molecule has 0 heterocycles. The molecule has 0 aromatic rings. The number of aliphatic hydroxyl groups excluding tert-OH is 1. The Labute approximate surface area is 537 Å². The predicted octanol–water partition coefficient (Wildman–Crippen LogP) is 27.0. The van der Waals surface area contributed by atoms with Crippen molar-refractivity contribution in [2.75, 3.05) is 13.2 Å². The number of ether oxygens (including phenoxy) is 2. The highest BCUT2D eigenvalue weighted by molar-refractivity contribution is 5.70. The van der Waals surface area contributed by atoms with Gasteiger partial charge in [-0.3, -0.25) is 9.59 Å². The highest BCUT2D eigenvalue weighted by Gasteiger charge is 2.16. The van der Waals surface area contributed by atoms with E-state index in [-0.39, 0.29) is 25.2 Å². The van der Waals surface area contributed by atoms with Gasteiger partial charge in [0.2, 0.25) is 0 Å². The highest BCUT2D eigenvalue weighted by atomic mass is 16.6. The van der Waals surface area contributed by atoms with Crippen molar-refractivity contribution in [3.05, 3.63) is 72.9 Å². The van der Waals surface area contributed by atoms with Crippen LogP contribution in [-0.2, 0) is 19.1 Å². The minimum atomic E-state index is -0.772. The Balaban J connectivity index is 3.37. The molecule has 5 heteroatoms. The number of aliphatic hydroxyl groups is 1. The molecule has 1 atom stereocenters. The predicted molar refractivity (Wildman–Crippen MR) is 380 cm³/mol. The molecular formula is C81H148O5. The molecule has 502 valence electrons. The fourth-order valence-corrected chi connectivity index (χ4v) is 11.8. The molecule has 86 heavy (non-hydrogen) atoms. The Morgan fingerprint density at radius 1 is 0.279 bits per heavy atom. The van der Waals surface area contributed by atoms with Crippen molar-refractivity contribution in [3.63, 3.8) is 0 Å². The maximum absolute atomic E-state index is 12.4. The van der Waals surface area contributed by atoms with Gasteiger partial charge in [0.25, 0.3) is 0 Å². The molecule has 0 aliphatic carbocycles. The van der Waals surface area contributed by atoms with Crippen LogP contribution in [0, 0.1) is 0 Å². The minimum absolute atomic E-state index is 0.0604. The Morgan fingerprint density at radius 2 is 0.500 bits per heavy atom. The molecule has 5 nitrogen and oxygen atoms in total. The van der Waals surface area contributed by atoms with Gasteiger partial charge in [0.05, 0.1) is 6.61 Å². The molecular weight excluding hydrogens is 1050 g/mol. The summed E-state index contributed by atoms with van der Waals surface area (Å²) in [6.07, 6.45) is 107. The van der Waals surface area contributed by atoms with Crippen molar-refractivity contribution in [1.82, 2.24) is 0 Å². The summed E-state index contributed by atoms with van der Waals surface area (Å²) in [5.74, 6) is -0.566. The van der Waals surface area contributed by atoms with Gasteiger partial charge in [-0.05, 0) is 83.5 Å². The first kappa shape index (κ1) is 83.3. The van der Waals surface area contributed by atoms with E-state index in [1.807, 2.05) is 0 Å². The molecule has 0 aromatic heterocycles. The van der Waals surface area contributed by atoms with Crippen LogP contribution in [0.5, 0.6) is 0 Å². The smallest absolute Gasteiger partial charge is 0.306 e. The maximum atomic E-state index is 12.4. The Morgan fingerprint density at radius 3 is 0.756 bits per heavy atom. The first-order chi connectivity index (χ1) is 42.6. The van der Waals surface area contributed by atoms with E-state index in [0.29, 0.717) is 12.8 Å². The Hall–Kier alpha value is -2.66. The van der Waals surface area contributed by atoms with Crippen LogP contribution in [-0.4, -0.2) is 36.4 Å². The first-order valence-corrected chi connectivity index (χ1v) is 38.5. The largest absolute Gasteiger partial charge is 0.462 e. The zero-order valence-electron chi connectivity index (χ0n) is 57.8. The highest BCUT2D eigenvalue weighted by Crippen LogP contribution is 2.19. The molecule has 0 aliphatic heterocycles. The third-order valence-corrected chi connectivity index (χ3v) is 17.5. The first-order valence-electron chi connectivity index (χ1n) is 38.5. The molecule has 0 aliphatic rings. The zero-order chi connectivity index (χ0) is 61.9. The fourth-order valence-electron chi connectivity index (χ4n) is 11.8. The van der Waals surface area contributed by atoms with Crippen molar-refractivity contribution in [2.45, 2.75) is 418 Å². The van der Waals surface area contributed by atoms with E-state index in [9.17, 15) is 14.7 Å². The summed E-state index contributed by atoms with van der Waals surface area (Å²) < 4.78 is 10.8. The molecule has 0 fully saturated rings. The van der Waals surface area contributed by atoms with Crippen LogP contribution in [0.4, 0.5) is 0 Å². The van der Waals surface area contributed by atoms with Gasteiger partial charge < -0.3 is 14.6 Å². The molecule has 0 rings (SSSR count). The van der Waals surface area contributed by atoms with Crippen LogP contribution in [0.1, 0.15) is 412 Å². The number of carbonyl (C=O) groups is 2. The monoisotopic (exact) mass is 1200 g/mol. The lowest BCUT2D eigenvalue weighted by atomic mass is 10.0. The van der Waals surface area contributed by atoms with Gasteiger partial charge in [0, 0.05) is 12.8 Å². The van der Waals surface area contributed by atoms with Crippen LogP contribution in [0.2, 0.25) is 0 Å². The summed E-state index contributed by atoms with van der Waals surface area (Å²) in [5.41, 5.74) is 0. The molecule has 1 N–H and O–H groups in total. The van der Waals surface area contributed by atoms with E-state index in [4.69, 9.17) is 9.47 Å². The zero-order valence-corrected chi connectivity index (χ0v) is 57.8. The van der Waals surface area contributed by atoms with Gasteiger partial charge in [-0.1, -0.05) is 389 Å². The molecule has 0 amide bonds. The van der Waals surface area contributed by atoms with Crippen LogP contribution >= 0.6 is 0 Å². The third kappa shape index (κ3) is 73.8. The third-order valence-electron chi connectivity index (χ3n) is 17.5. The summed E-state index contributed by atoms with van der Waals surface area (Å²) in [5, 5.41) is 9.72. The van der Waals surface area contributed by atoms with Crippen molar-refractivity contribution < 1.29 is 24.2 Å². The number of esters is 2. The number of allylic oxidation sites excluding steroid dienone is 12. The van der Waals surface area contributed by atoms with Gasteiger partial charge in [-0.15, -0.1) is 0 Å². The van der Waals surface area contributed by atoms with E-state index in [2.05, 4.69) is 86.8 Å². The molecule has 0 radical (unpaired) electrons. The molecule has 0 spiro atoms. The number of unbranched alkanes of at least 4 members (excludes halogenated alkanes) is 52. The summed E-state index contributed by atoms with van der Waals surface area (Å²) in [4.78, 5) is 24.7. The normalized spacial score (nSPS) is 12.5. The quantitative estimate of drug-likeness (QED) is 0.0373. The van der Waals surface area contributed by atoms with Gasteiger partial charge >= 0.3 is 11.9 Å². The lowest BCUT2D eigenvalue weighted by Gasteiger charge is -2.15. The molecule has 0 saturated heterocycles. The average Bonchev–Trinajstić information content (AvgIpc) is 3.54. The fraction of sp³-hybridized carbons (Fsp3) is 0.827. The Kier molecular flexibility index (Phi) is 74.2. The summed E-state index contributed by atoms with van der Waals surface area (Å²) in [6.45, 7) is 4.07. The van der Waals surface area contributed by atoms with Crippen LogP contribution in [0.3, 0.4) is 0 Å². The SMILES string of the molecule is CC/C=C\C/C=C\C/C=C\C/C=C\CCCCCCCCCCCCCCCCCCCCCCCCCCCCCCC(=O)OC(CO)COC(=O)CCCCCCCCCCCCCCCCCCCCC/C=C\C/C=C\CCCCCCC. The lowest BCUT2D eigenvalue weighted by molar-refractivity contribution is -0.161. The summed E-state index contributed by atoms with van der Waals surface area (Å²) in [7, 11) is 0. The lowest BCUT2D eigenvalue weighted by Crippen LogP contribution is -2.28. The molecule has 0 aromatic carbocycles. The van der Waals surface area contributed by atoms with E-state index in [1.54, 1.807) is 0 Å². The van der Waals surface area contributed by atoms with E-state index in [1.165, 1.54) is 315 Å². The second-order valence-electron chi connectivity index (χ2n) is 26.1. The van der Waals surface area contributed by atoms with E-state index >= 15 is 0 Å². The number of rotatable bonds is 72. The maximum Gasteiger partial charge on any atom is 0.306 e. The summed E-state index contributed by atoms with van der Waals surface area (Å²) >= 11 is 0. The van der Waals surface area contributed by atoms with Crippen LogP contribution < -0.4 is 0 Å². The molecule has 0 saturated carbocycles. The van der Waals surface area contributed by atoms with Crippen molar-refractivity contribution in [2.24, 2.45) is 0 Å². The van der Waals surface area contributed by atoms with Crippen molar-refractivity contribution in [3.8, 4) is 0 Å². The van der Waals surface area contributed by atoms with E-state index < -0.39 is 6.10 Å². The van der Waals surface area contributed by atoms with Crippen molar-refractivity contribution >= 4 is 11.9 Å². The number of hydrogen-bond donors (Lipinski definition) is 1. The second-order valence-corrected chi connectivity index (χ2v) is 26.1. The van der Waals surface area contributed by atoms with Gasteiger partial charge in [-0.2, -0.15) is 0 Å². The molecule has 1 unspecified atom stereocenters. The average molecular weight is 1200 g/mol. The minimum Gasteiger partial charge on any atom is -0.462 e. The number of carbonyl (C=O) groups excluding carboxylic acids is 2.